The Labute approximate surface area is 143 Å². The summed E-state index contributed by atoms with van der Waals surface area (Å²) in [6.45, 7) is 0. The molecule has 0 radical (unpaired) electrons. The molecule has 23 heavy (non-hydrogen) atoms. The molecule has 0 heterocycles. The van der Waals surface area contributed by atoms with Gasteiger partial charge in [-0.15, -0.1) is 0 Å². The van der Waals surface area contributed by atoms with Crippen LogP contribution < -0.4 is 9.46 Å². The van der Waals surface area contributed by atoms with Crippen molar-refractivity contribution in [2.75, 3.05) is 11.8 Å². The molecule has 0 amide bonds. The van der Waals surface area contributed by atoms with E-state index in [1.807, 2.05) is 0 Å². The van der Waals surface area contributed by atoms with Crippen LogP contribution in [-0.4, -0.2) is 15.5 Å². The van der Waals surface area contributed by atoms with Crippen LogP contribution in [0.5, 0.6) is 5.75 Å². The smallest absolute Gasteiger partial charge is 0.272 e. The molecule has 5 nitrogen and oxygen atoms in total. The first-order valence-corrected chi connectivity index (χ1v) is 8.76. The van der Waals surface area contributed by atoms with Gasteiger partial charge in [0.1, 0.15) is 11.8 Å². The van der Waals surface area contributed by atoms with Crippen molar-refractivity contribution in [1.82, 2.24) is 0 Å². The SMILES string of the molecule is COc1ccc(NS(=O)(=O)C(C#N)=Cc2ccc(Br)cc2)cc1. The highest BCUT2D eigenvalue weighted by atomic mass is 79.9. The third kappa shape index (κ3) is 4.58. The van der Waals surface area contributed by atoms with E-state index in [4.69, 9.17) is 4.74 Å². The molecule has 0 spiro atoms. The molecule has 0 saturated heterocycles. The fraction of sp³-hybridized carbons (Fsp3) is 0.0625. The first-order valence-electron chi connectivity index (χ1n) is 6.49. The molecule has 0 aliphatic heterocycles. The summed E-state index contributed by atoms with van der Waals surface area (Å²) >= 11 is 3.30. The molecular formula is C16H13BrN2O3S. The largest absolute Gasteiger partial charge is 0.497 e. The Morgan fingerprint density at radius 3 is 2.30 bits per heavy atom. The molecule has 0 aliphatic rings. The van der Waals surface area contributed by atoms with E-state index in [0.717, 1.165) is 4.47 Å². The number of anilines is 1. The summed E-state index contributed by atoms with van der Waals surface area (Å²) in [7, 11) is -2.43. The summed E-state index contributed by atoms with van der Waals surface area (Å²) in [6, 6.07) is 15.1. The number of ether oxygens (including phenoxy) is 1. The van der Waals surface area contributed by atoms with Crippen molar-refractivity contribution >= 4 is 37.7 Å². The molecular weight excluding hydrogens is 380 g/mol. The molecule has 0 bridgehead atoms. The number of hydrogen-bond acceptors (Lipinski definition) is 4. The van der Waals surface area contributed by atoms with E-state index in [1.165, 1.54) is 13.2 Å². The summed E-state index contributed by atoms with van der Waals surface area (Å²) < 4.78 is 32.9. The average Bonchev–Trinajstić information content (AvgIpc) is 2.54. The fourth-order valence-corrected chi connectivity index (χ4v) is 2.98. The molecule has 2 aromatic carbocycles. The zero-order chi connectivity index (χ0) is 16.9. The number of allylic oxidation sites excluding steroid dienone is 1. The van der Waals surface area contributed by atoms with Gasteiger partial charge in [-0.2, -0.15) is 5.26 Å². The zero-order valence-corrected chi connectivity index (χ0v) is 14.6. The van der Waals surface area contributed by atoms with E-state index >= 15 is 0 Å². The third-order valence-corrected chi connectivity index (χ3v) is 4.73. The van der Waals surface area contributed by atoms with Crippen LogP contribution in [0.4, 0.5) is 5.69 Å². The van der Waals surface area contributed by atoms with Crippen LogP contribution in [0.3, 0.4) is 0 Å². The highest BCUT2D eigenvalue weighted by Gasteiger charge is 2.17. The van der Waals surface area contributed by atoms with Crippen LogP contribution in [0.1, 0.15) is 5.56 Å². The molecule has 0 fully saturated rings. The zero-order valence-electron chi connectivity index (χ0n) is 12.2. The van der Waals surface area contributed by atoms with Crippen LogP contribution in [0.2, 0.25) is 0 Å². The maximum atomic E-state index is 12.3. The van der Waals surface area contributed by atoms with Crippen molar-refractivity contribution in [1.29, 1.82) is 5.26 Å². The molecule has 0 aromatic heterocycles. The van der Waals surface area contributed by atoms with Gasteiger partial charge in [0.25, 0.3) is 10.0 Å². The monoisotopic (exact) mass is 392 g/mol. The molecule has 7 heteroatoms. The number of nitrogens with zero attached hydrogens (tertiary/aromatic N) is 1. The maximum Gasteiger partial charge on any atom is 0.272 e. The Morgan fingerprint density at radius 2 is 1.78 bits per heavy atom. The van der Waals surface area contributed by atoms with Gasteiger partial charge in [-0.05, 0) is 48.0 Å². The van der Waals surface area contributed by atoms with Gasteiger partial charge < -0.3 is 4.74 Å². The molecule has 1 N–H and O–H groups in total. The lowest BCUT2D eigenvalue weighted by atomic mass is 10.2. The second kappa shape index (κ2) is 7.31. The minimum absolute atomic E-state index is 0.350. The van der Waals surface area contributed by atoms with Gasteiger partial charge in [0.2, 0.25) is 0 Å². The topological polar surface area (TPSA) is 79.2 Å². The van der Waals surface area contributed by atoms with Crippen molar-refractivity contribution in [2.45, 2.75) is 0 Å². The second-order valence-corrected chi connectivity index (χ2v) is 7.07. The van der Waals surface area contributed by atoms with E-state index in [9.17, 15) is 13.7 Å². The van der Waals surface area contributed by atoms with Crippen molar-refractivity contribution in [3.63, 3.8) is 0 Å². The maximum absolute atomic E-state index is 12.3. The number of halogens is 1. The van der Waals surface area contributed by atoms with Crippen LogP contribution in [0.15, 0.2) is 57.9 Å². The van der Waals surface area contributed by atoms with Gasteiger partial charge in [0.05, 0.1) is 7.11 Å². The molecule has 0 unspecified atom stereocenters. The predicted molar refractivity (Wildman–Crippen MR) is 93.3 cm³/mol. The minimum atomic E-state index is -3.96. The lowest BCUT2D eigenvalue weighted by molar-refractivity contribution is 0.415. The van der Waals surface area contributed by atoms with Gasteiger partial charge in [-0.1, -0.05) is 28.1 Å². The first-order chi connectivity index (χ1) is 10.9. The first kappa shape index (κ1) is 17.1. The number of sulfonamides is 1. The van der Waals surface area contributed by atoms with Crippen molar-refractivity contribution < 1.29 is 13.2 Å². The van der Waals surface area contributed by atoms with Gasteiger partial charge in [-0.3, -0.25) is 4.72 Å². The summed E-state index contributed by atoms with van der Waals surface area (Å²) in [6.07, 6.45) is 1.32. The number of nitrogens with one attached hydrogen (secondary N) is 1. The minimum Gasteiger partial charge on any atom is -0.497 e. The third-order valence-electron chi connectivity index (χ3n) is 2.91. The fourth-order valence-electron chi connectivity index (χ4n) is 1.75. The van der Waals surface area contributed by atoms with Crippen molar-refractivity contribution in [3.8, 4) is 11.8 Å². The van der Waals surface area contributed by atoms with E-state index in [0.29, 0.717) is 17.0 Å². The predicted octanol–water partition coefficient (Wildman–Crippen LogP) is 3.76. The summed E-state index contributed by atoms with van der Waals surface area (Å²) in [5.41, 5.74) is 0.965. The van der Waals surface area contributed by atoms with Crippen LogP contribution >= 0.6 is 15.9 Å². The van der Waals surface area contributed by atoms with Crippen LogP contribution in [-0.2, 0) is 10.0 Å². The lowest BCUT2D eigenvalue weighted by Gasteiger charge is -2.08. The molecule has 0 aliphatic carbocycles. The van der Waals surface area contributed by atoms with Gasteiger partial charge in [-0.25, -0.2) is 8.42 Å². The Hall–Kier alpha value is -2.30. The Bertz CT molecular complexity index is 852. The summed E-state index contributed by atoms with van der Waals surface area (Å²) in [5, 5.41) is 9.17. The van der Waals surface area contributed by atoms with Crippen LogP contribution in [0, 0.1) is 11.3 Å². The number of benzene rings is 2. The van der Waals surface area contributed by atoms with Gasteiger partial charge in [0, 0.05) is 10.2 Å². The quantitative estimate of drug-likeness (QED) is 0.785. The number of methoxy groups -OCH3 is 1. The summed E-state index contributed by atoms with van der Waals surface area (Å²) in [5.74, 6) is 0.610. The number of rotatable bonds is 5. The molecule has 2 aromatic rings. The van der Waals surface area contributed by atoms with Gasteiger partial charge in [0.15, 0.2) is 4.91 Å². The Balaban J connectivity index is 2.28. The van der Waals surface area contributed by atoms with Crippen molar-refractivity contribution in [2.24, 2.45) is 0 Å². The lowest BCUT2D eigenvalue weighted by Crippen LogP contribution is -2.14. The number of nitriles is 1. The molecule has 118 valence electrons. The van der Waals surface area contributed by atoms with Gasteiger partial charge >= 0.3 is 0 Å². The van der Waals surface area contributed by atoms with E-state index in [-0.39, 0.29) is 4.91 Å². The molecule has 0 saturated carbocycles. The highest BCUT2D eigenvalue weighted by Crippen LogP contribution is 2.20. The Kier molecular flexibility index (Phi) is 5.42. The molecule has 0 atom stereocenters. The molecule has 2 rings (SSSR count). The standard InChI is InChI=1S/C16H13BrN2O3S/c1-22-15-8-6-14(7-9-15)19-23(20,21)16(11-18)10-12-2-4-13(17)5-3-12/h2-10,19H,1H3. The van der Waals surface area contributed by atoms with E-state index in [2.05, 4.69) is 20.7 Å². The van der Waals surface area contributed by atoms with E-state index in [1.54, 1.807) is 54.6 Å². The highest BCUT2D eigenvalue weighted by molar-refractivity contribution is 9.10. The second-order valence-electron chi connectivity index (χ2n) is 4.51. The normalized spacial score (nSPS) is 11.6. The average molecular weight is 393 g/mol. The van der Waals surface area contributed by atoms with Crippen molar-refractivity contribution in [3.05, 3.63) is 63.5 Å². The van der Waals surface area contributed by atoms with E-state index < -0.39 is 10.0 Å². The van der Waals surface area contributed by atoms with Crippen LogP contribution in [0.25, 0.3) is 6.08 Å². The number of hydrogen-bond donors (Lipinski definition) is 1. The Morgan fingerprint density at radius 1 is 1.17 bits per heavy atom. The summed E-state index contributed by atoms with van der Waals surface area (Å²) in [4.78, 5) is -0.365.